The summed E-state index contributed by atoms with van der Waals surface area (Å²) in [6.07, 6.45) is 4.69. The lowest BCUT2D eigenvalue weighted by Crippen LogP contribution is -2.33. The van der Waals surface area contributed by atoms with Crippen molar-refractivity contribution < 1.29 is 19.2 Å². The summed E-state index contributed by atoms with van der Waals surface area (Å²) in [5, 5.41) is 6.40. The fraction of sp³-hybridized carbons (Fsp3) is 0.257. The summed E-state index contributed by atoms with van der Waals surface area (Å²) in [4.78, 5) is 60.5. The van der Waals surface area contributed by atoms with E-state index < -0.39 is 10.8 Å². The Bertz CT molecular complexity index is 1940. The van der Waals surface area contributed by atoms with Crippen molar-refractivity contribution in [1.29, 1.82) is 0 Å². The SMILES string of the molecule is CN1C(=O)C(C)(C)c2cc(Cl)c(NC(=O)c3ccncc3)cc21.Cc1cc(C(=O)Nc2cc3c(cc2Cl)C(C)(C)C(=O)N3C)ccn1. The third-order valence-corrected chi connectivity index (χ3v) is 9.14. The average Bonchev–Trinajstić information content (AvgIpc) is 3.30. The molecule has 10 nitrogen and oxygen atoms in total. The third-order valence-electron chi connectivity index (χ3n) is 8.52. The van der Waals surface area contributed by atoms with E-state index in [0.29, 0.717) is 32.5 Å². The van der Waals surface area contributed by atoms with Crippen molar-refractivity contribution in [2.24, 2.45) is 0 Å². The molecule has 2 aliphatic rings. The van der Waals surface area contributed by atoms with Crippen LogP contribution in [-0.2, 0) is 20.4 Å². The number of anilines is 4. The van der Waals surface area contributed by atoms with Crippen LogP contribution in [0, 0.1) is 6.92 Å². The van der Waals surface area contributed by atoms with Crippen molar-refractivity contribution in [3.05, 3.63) is 105 Å². The van der Waals surface area contributed by atoms with E-state index in [1.807, 2.05) is 34.6 Å². The van der Waals surface area contributed by atoms with Crippen molar-refractivity contribution in [2.45, 2.75) is 45.4 Å². The highest BCUT2D eigenvalue weighted by Crippen LogP contribution is 2.45. The molecule has 4 heterocycles. The molecule has 2 aromatic heterocycles. The molecule has 4 aromatic rings. The number of halogens is 2. The number of amides is 4. The number of nitrogens with one attached hydrogen (secondary N) is 2. The van der Waals surface area contributed by atoms with E-state index >= 15 is 0 Å². The van der Waals surface area contributed by atoms with Gasteiger partial charge in [-0.2, -0.15) is 0 Å². The molecule has 0 aliphatic carbocycles. The summed E-state index contributed by atoms with van der Waals surface area (Å²) in [5.74, 6) is -0.544. The van der Waals surface area contributed by atoms with E-state index in [9.17, 15) is 19.2 Å². The summed E-state index contributed by atoms with van der Waals surface area (Å²) in [7, 11) is 3.44. The number of nitrogens with zero attached hydrogens (tertiary/aromatic N) is 4. The monoisotopic (exact) mass is 672 g/mol. The van der Waals surface area contributed by atoms with Gasteiger partial charge in [-0.1, -0.05) is 23.2 Å². The number of likely N-dealkylation sites (N-methyl/N-ethyl adjacent to an activating group) is 2. The van der Waals surface area contributed by atoms with E-state index in [4.69, 9.17) is 23.2 Å². The molecular weight excluding hydrogens is 639 g/mol. The first kappa shape index (κ1) is 33.6. The molecule has 12 heteroatoms. The fourth-order valence-electron chi connectivity index (χ4n) is 5.74. The minimum atomic E-state index is -0.627. The topological polar surface area (TPSA) is 125 Å². The van der Waals surface area contributed by atoms with Crippen molar-refractivity contribution >= 4 is 69.6 Å². The summed E-state index contributed by atoms with van der Waals surface area (Å²) in [6, 6.07) is 13.6. The van der Waals surface area contributed by atoms with Crippen LogP contribution in [0.25, 0.3) is 0 Å². The number of aromatic nitrogens is 2. The third kappa shape index (κ3) is 6.18. The Hall–Kier alpha value is -4.80. The van der Waals surface area contributed by atoms with E-state index in [2.05, 4.69) is 20.6 Å². The minimum absolute atomic E-state index is 0.00109. The molecule has 0 radical (unpaired) electrons. The number of pyridine rings is 2. The van der Waals surface area contributed by atoms with Crippen LogP contribution < -0.4 is 20.4 Å². The Balaban J connectivity index is 0.000000185. The molecule has 0 fully saturated rings. The van der Waals surface area contributed by atoms with Gasteiger partial charge in [0, 0.05) is 60.9 Å². The maximum atomic E-state index is 12.4. The standard InChI is InChI=1S/C18H18ClN3O2.C17H16ClN3O2/c1-10-7-11(5-6-20-10)16(23)21-14-9-15-12(8-13(14)19)18(2,3)17(24)22(15)4;1-17(2)11-8-12(18)13(9-14(11)21(3)16(17)23)20-15(22)10-4-6-19-7-5-10/h5-9H,1-4H3,(H,21,23);4-9H,1-3H3,(H,20,22). The van der Waals surface area contributed by atoms with Crippen LogP contribution >= 0.6 is 23.2 Å². The molecule has 0 saturated carbocycles. The zero-order valence-electron chi connectivity index (χ0n) is 27.0. The molecule has 6 rings (SSSR count). The van der Waals surface area contributed by atoms with Crippen LogP contribution in [0.15, 0.2) is 67.1 Å². The van der Waals surface area contributed by atoms with Gasteiger partial charge in [0.1, 0.15) is 0 Å². The van der Waals surface area contributed by atoms with Gasteiger partial charge in [0.15, 0.2) is 0 Å². The highest BCUT2D eigenvalue weighted by molar-refractivity contribution is 6.35. The van der Waals surface area contributed by atoms with Crippen molar-refractivity contribution in [1.82, 2.24) is 9.97 Å². The van der Waals surface area contributed by atoms with Crippen molar-refractivity contribution in [3.63, 3.8) is 0 Å². The van der Waals surface area contributed by atoms with Gasteiger partial charge in [-0.15, -0.1) is 0 Å². The van der Waals surface area contributed by atoms with Crippen molar-refractivity contribution in [3.8, 4) is 0 Å². The van der Waals surface area contributed by atoms with Crippen LogP contribution in [0.2, 0.25) is 10.0 Å². The zero-order valence-corrected chi connectivity index (χ0v) is 28.5. The summed E-state index contributed by atoms with van der Waals surface area (Å²) >= 11 is 12.6. The van der Waals surface area contributed by atoms with Gasteiger partial charge in [-0.05, 0) is 94.3 Å². The number of hydrogen-bond acceptors (Lipinski definition) is 6. The van der Waals surface area contributed by atoms with Crippen LogP contribution in [0.4, 0.5) is 22.7 Å². The fourth-order valence-corrected chi connectivity index (χ4v) is 6.16. The Morgan fingerprint density at radius 3 is 1.55 bits per heavy atom. The van der Waals surface area contributed by atoms with Gasteiger partial charge < -0.3 is 20.4 Å². The quantitative estimate of drug-likeness (QED) is 0.246. The first-order chi connectivity index (χ1) is 22.0. The first-order valence-corrected chi connectivity index (χ1v) is 15.5. The lowest BCUT2D eigenvalue weighted by atomic mass is 9.86. The van der Waals surface area contributed by atoms with Crippen LogP contribution in [-0.4, -0.2) is 47.7 Å². The minimum Gasteiger partial charge on any atom is -0.321 e. The number of hydrogen-bond donors (Lipinski definition) is 2. The number of aryl methyl sites for hydroxylation is 1. The van der Waals surface area contributed by atoms with Crippen LogP contribution in [0.1, 0.15) is 65.2 Å². The predicted octanol–water partition coefficient (Wildman–Crippen LogP) is 6.79. The molecule has 0 atom stereocenters. The second-order valence-corrected chi connectivity index (χ2v) is 13.3. The maximum absolute atomic E-state index is 12.4. The Morgan fingerprint density at radius 2 is 1.11 bits per heavy atom. The van der Waals surface area contributed by atoms with Gasteiger partial charge in [0.2, 0.25) is 11.8 Å². The number of fused-ring (bicyclic) bond motifs is 2. The smallest absolute Gasteiger partial charge is 0.255 e. The number of carbonyl (C=O) groups is 4. The molecule has 2 aromatic carbocycles. The molecule has 0 bridgehead atoms. The molecule has 0 unspecified atom stereocenters. The number of benzene rings is 2. The molecule has 47 heavy (non-hydrogen) atoms. The molecule has 0 saturated heterocycles. The van der Waals surface area contributed by atoms with E-state index in [1.54, 1.807) is 91.0 Å². The van der Waals surface area contributed by atoms with Crippen LogP contribution in [0.5, 0.6) is 0 Å². The van der Waals surface area contributed by atoms with E-state index in [-0.39, 0.29) is 23.6 Å². The highest BCUT2D eigenvalue weighted by atomic mass is 35.5. The predicted molar refractivity (Wildman–Crippen MR) is 185 cm³/mol. The first-order valence-electron chi connectivity index (χ1n) is 14.7. The summed E-state index contributed by atoms with van der Waals surface area (Å²) in [6.45, 7) is 9.28. The molecule has 2 aliphatic heterocycles. The maximum Gasteiger partial charge on any atom is 0.255 e. The Labute approximate surface area is 283 Å². The Kier molecular flexibility index (Phi) is 8.87. The second kappa shape index (κ2) is 12.4. The highest BCUT2D eigenvalue weighted by Gasteiger charge is 2.44. The molecular formula is C35H34Cl2N6O4. The zero-order chi connectivity index (χ0) is 34.4. The number of rotatable bonds is 4. The van der Waals surface area contributed by atoms with Crippen molar-refractivity contribution in [2.75, 3.05) is 34.5 Å². The van der Waals surface area contributed by atoms with E-state index in [1.165, 1.54) is 0 Å². The second-order valence-electron chi connectivity index (χ2n) is 12.5. The molecule has 0 spiro atoms. The van der Waals surface area contributed by atoms with Gasteiger partial charge in [0.05, 0.1) is 32.3 Å². The average molecular weight is 674 g/mol. The number of carbonyl (C=O) groups excluding carboxylic acids is 4. The van der Waals surface area contributed by atoms with Gasteiger partial charge in [0.25, 0.3) is 11.8 Å². The van der Waals surface area contributed by atoms with E-state index in [0.717, 1.165) is 28.2 Å². The van der Waals surface area contributed by atoms with Gasteiger partial charge >= 0.3 is 0 Å². The Morgan fingerprint density at radius 1 is 0.681 bits per heavy atom. The lowest BCUT2D eigenvalue weighted by Gasteiger charge is -2.16. The van der Waals surface area contributed by atoms with Gasteiger partial charge in [-0.3, -0.25) is 29.1 Å². The summed E-state index contributed by atoms with van der Waals surface area (Å²) in [5.41, 5.74) is 4.69. The molecule has 242 valence electrons. The largest absolute Gasteiger partial charge is 0.321 e. The lowest BCUT2D eigenvalue weighted by molar-refractivity contribution is -0.122. The molecule has 4 amide bonds. The van der Waals surface area contributed by atoms with Crippen LogP contribution in [0.3, 0.4) is 0 Å². The molecule has 2 N–H and O–H groups in total. The van der Waals surface area contributed by atoms with Gasteiger partial charge in [-0.25, -0.2) is 0 Å². The summed E-state index contributed by atoms with van der Waals surface area (Å²) < 4.78 is 0. The normalized spacial score (nSPS) is 15.4.